The molecule has 16 heavy (non-hydrogen) atoms. The van der Waals surface area contributed by atoms with E-state index in [1.165, 1.54) is 0 Å². The largest absolute Gasteiger partial charge is 0.507 e. The molecule has 0 aliphatic carbocycles. The molecule has 0 radical (unpaired) electrons. The fourth-order valence-electron chi connectivity index (χ4n) is 1.85. The van der Waals surface area contributed by atoms with Crippen molar-refractivity contribution in [2.24, 2.45) is 0 Å². The van der Waals surface area contributed by atoms with Crippen molar-refractivity contribution in [3.63, 3.8) is 0 Å². The fourth-order valence-corrected chi connectivity index (χ4v) is 1.85. The maximum absolute atomic E-state index is 10.4. The van der Waals surface area contributed by atoms with E-state index >= 15 is 0 Å². The van der Waals surface area contributed by atoms with Crippen LogP contribution in [0.1, 0.15) is 35.1 Å². The first-order valence-electron chi connectivity index (χ1n) is 5.44. The molecule has 0 bridgehead atoms. The zero-order chi connectivity index (χ0) is 12.3. The average Bonchev–Trinajstić information content (AvgIpc) is 2.19. The number of rotatable bonds is 4. The molecule has 2 N–H and O–H groups in total. The summed E-state index contributed by atoms with van der Waals surface area (Å²) >= 11 is 0. The first kappa shape index (κ1) is 12.6. The van der Waals surface area contributed by atoms with E-state index < -0.39 is 5.97 Å². The molecule has 0 saturated heterocycles. The number of phenols is 1. The van der Waals surface area contributed by atoms with Gasteiger partial charge in [-0.05, 0) is 55.9 Å². The molecule has 0 unspecified atom stereocenters. The molecule has 0 heterocycles. The highest BCUT2D eigenvalue weighted by atomic mass is 16.4. The lowest BCUT2D eigenvalue weighted by atomic mass is 9.95. The topological polar surface area (TPSA) is 57.5 Å². The molecule has 1 aromatic rings. The Morgan fingerprint density at radius 3 is 2.44 bits per heavy atom. The van der Waals surface area contributed by atoms with E-state index in [4.69, 9.17) is 5.11 Å². The summed E-state index contributed by atoms with van der Waals surface area (Å²) in [6.07, 6.45) is 1.32. The van der Waals surface area contributed by atoms with Gasteiger partial charge in [0.2, 0.25) is 0 Å². The van der Waals surface area contributed by atoms with Crippen LogP contribution in [-0.4, -0.2) is 16.2 Å². The fraction of sp³-hybridized carbons (Fsp3) is 0.462. The van der Waals surface area contributed by atoms with Crippen LogP contribution in [0.25, 0.3) is 0 Å². The van der Waals surface area contributed by atoms with Gasteiger partial charge in [0.25, 0.3) is 0 Å². The zero-order valence-corrected chi connectivity index (χ0v) is 10.0. The highest BCUT2D eigenvalue weighted by Crippen LogP contribution is 2.29. The Kier molecular flexibility index (Phi) is 3.93. The maximum Gasteiger partial charge on any atom is 0.303 e. The lowest BCUT2D eigenvalue weighted by Crippen LogP contribution is -1.99. The van der Waals surface area contributed by atoms with Gasteiger partial charge in [0.1, 0.15) is 5.75 Å². The second-order valence-electron chi connectivity index (χ2n) is 4.21. The number of benzene rings is 1. The van der Waals surface area contributed by atoms with Gasteiger partial charge in [-0.25, -0.2) is 0 Å². The van der Waals surface area contributed by atoms with Crippen molar-refractivity contribution in [3.8, 4) is 5.75 Å². The molecule has 0 amide bonds. The molecule has 0 atom stereocenters. The molecule has 0 aliphatic rings. The number of aromatic hydroxyl groups is 1. The van der Waals surface area contributed by atoms with E-state index in [1.54, 1.807) is 0 Å². The van der Waals surface area contributed by atoms with Crippen LogP contribution in [0.2, 0.25) is 0 Å². The monoisotopic (exact) mass is 222 g/mol. The predicted octanol–water partition coefficient (Wildman–Crippen LogP) is 2.72. The Morgan fingerprint density at radius 1 is 1.25 bits per heavy atom. The van der Waals surface area contributed by atoms with Gasteiger partial charge in [0.15, 0.2) is 0 Å². The number of carboxylic acids is 1. The van der Waals surface area contributed by atoms with E-state index in [1.807, 2.05) is 26.8 Å². The Bertz CT molecular complexity index is 408. The predicted molar refractivity (Wildman–Crippen MR) is 62.9 cm³/mol. The third-order valence-corrected chi connectivity index (χ3v) is 2.96. The summed E-state index contributed by atoms with van der Waals surface area (Å²) in [4.78, 5) is 10.4. The molecular weight excluding hydrogens is 204 g/mol. The summed E-state index contributed by atoms with van der Waals surface area (Å²) in [5.74, 6) is -0.469. The summed E-state index contributed by atoms with van der Waals surface area (Å²) in [5.41, 5.74) is 3.86. The van der Waals surface area contributed by atoms with Gasteiger partial charge in [0, 0.05) is 6.42 Å². The molecule has 0 fully saturated rings. The molecular formula is C13H18O3. The van der Waals surface area contributed by atoms with Crippen molar-refractivity contribution in [1.29, 1.82) is 0 Å². The minimum Gasteiger partial charge on any atom is -0.507 e. The molecule has 88 valence electrons. The minimum absolute atomic E-state index is 0.145. The van der Waals surface area contributed by atoms with Crippen molar-refractivity contribution in [2.45, 2.75) is 40.0 Å². The van der Waals surface area contributed by atoms with E-state index in [9.17, 15) is 9.90 Å². The van der Waals surface area contributed by atoms with Crippen LogP contribution in [0, 0.1) is 20.8 Å². The molecule has 0 spiro atoms. The van der Waals surface area contributed by atoms with Crippen LogP contribution < -0.4 is 0 Å². The molecule has 0 aliphatic heterocycles. The van der Waals surface area contributed by atoms with Gasteiger partial charge in [-0.1, -0.05) is 6.07 Å². The smallest absolute Gasteiger partial charge is 0.303 e. The summed E-state index contributed by atoms with van der Waals surface area (Å²) in [6.45, 7) is 5.79. The average molecular weight is 222 g/mol. The van der Waals surface area contributed by atoms with Crippen molar-refractivity contribution < 1.29 is 15.0 Å². The van der Waals surface area contributed by atoms with Crippen molar-refractivity contribution in [2.75, 3.05) is 0 Å². The van der Waals surface area contributed by atoms with Crippen LogP contribution >= 0.6 is 0 Å². The highest BCUT2D eigenvalue weighted by Gasteiger charge is 2.10. The van der Waals surface area contributed by atoms with Crippen LogP contribution in [0.5, 0.6) is 5.75 Å². The van der Waals surface area contributed by atoms with Gasteiger partial charge in [0.05, 0.1) is 0 Å². The highest BCUT2D eigenvalue weighted by molar-refractivity contribution is 5.66. The number of hydrogen-bond donors (Lipinski definition) is 2. The third-order valence-electron chi connectivity index (χ3n) is 2.96. The molecule has 3 nitrogen and oxygen atoms in total. The molecule has 0 aromatic heterocycles. The van der Waals surface area contributed by atoms with Crippen molar-refractivity contribution in [1.82, 2.24) is 0 Å². The summed E-state index contributed by atoms with van der Waals surface area (Å²) < 4.78 is 0. The van der Waals surface area contributed by atoms with Crippen LogP contribution in [0.4, 0.5) is 0 Å². The summed E-state index contributed by atoms with van der Waals surface area (Å²) in [5, 5.41) is 18.5. The van der Waals surface area contributed by atoms with Crippen LogP contribution in [-0.2, 0) is 11.2 Å². The number of aryl methyl sites for hydroxylation is 2. The number of hydrogen-bond acceptors (Lipinski definition) is 2. The first-order chi connectivity index (χ1) is 7.43. The Balaban J connectivity index is 2.87. The first-order valence-corrected chi connectivity index (χ1v) is 5.44. The molecule has 1 rings (SSSR count). The normalized spacial score (nSPS) is 10.4. The zero-order valence-electron chi connectivity index (χ0n) is 10.0. The summed E-state index contributed by atoms with van der Waals surface area (Å²) in [7, 11) is 0. The minimum atomic E-state index is -0.791. The van der Waals surface area contributed by atoms with E-state index in [0.717, 1.165) is 22.3 Å². The van der Waals surface area contributed by atoms with Crippen molar-refractivity contribution >= 4 is 5.97 Å². The molecule has 3 heteroatoms. The lowest BCUT2D eigenvalue weighted by Gasteiger charge is -2.12. The number of phenolic OH excluding ortho intramolecular Hbond substituents is 1. The van der Waals surface area contributed by atoms with Gasteiger partial charge in [-0.2, -0.15) is 0 Å². The summed E-state index contributed by atoms with van der Waals surface area (Å²) in [6, 6.07) is 2.03. The van der Waals surface area contributed by atoms with Gasteiger partial charge >= 0.3 is 5.97 Å². The van der Waals surface area contributed by atoms with Crippen LogP contribution in [0.3, 0.4) is 0 Å². The van der Waals surface area contributed by atoms with E-state index in [-0.39, 0.29) is 6.42 Å². The Morgan fingerprint density at radius 2 is 1.88 bits per heavy atom. The van der Waals surface area contributed by atoms with Crippen LogP contribution in [0.15, 0.2) is 6.07 Å². The number of carbonyl (C=O) groups is 1. The van der Waals surface area contributed by atoms with E-state index in [0.29, 0.717) is 18.6 Å². The third kappa shape index (κ3) is 2.75. The van der Waals surface area contributed by atoms with E-state index in [2.05, 4.69) is 0 Å². The number of aliphatic carboxylic acids is 1. The second kappa shape index (κ2) is 5.01. The number of carboxylic acid groups (broad SMARTS) is 1. The van der Waals surface area contributed by atoms with Gasteiger partial charge in [-0.15, -0.1) is 0 Å². The van der Waals surface area contributed by atoms with Crippen molar-refractivity contribution in [3.05, 3.63) is 28.3 Å². The SMILES string of the molecule is Cc1cc(C)c(CCCC(=O)O)c(O)c1C. The van der Waals surface area contributed by atoms with Gasteiger partial charge in [-0.3, -0.25) is 4.79 Å². The Hall–Kier alpha value is -1.51. The Labute approximate surface area is 95.7 Å². The standard InChI is InChI=1S/C13H18O3/c1-8-7-9(2)11(13(16)10(8)3)5-4-6-12(14)15/h7,16H,4-6H2,1-3H3,(H,14,15). The molecule has 1 aromatic carbocycles. The maximum atomic E-state index is 10.4. The second-order valence-corrected chi connectivity index (χ2v) is 4.21. The molecule has 0 saturated carbocycles. The lowest BCUT2D eigenvalue weighted by molar-refractivity contribution is -0.137. The quantitative estimate of drug-likeness (QED) is 0.823. The van der Waals surface area contributed by atoms with Gasteiger partial charge < -0.3 is 10.2 Å².